The second kappa shape index (κ2) is 11.9. The number of nitrogens with one attached hydrogen (secondary N) is 1. The predicted octanol–water partition coefficient (Wildman–Crippen LogP) is 1.06. The number of benzene rings is 1. The van der Waals surface area contributed by atoms with E-state index in [-0.39, 0.29) is 5.01 Å². The van der Waals surface area contributed by atoms with Gasteiger partial charge in [0, 0.05) is 11.8 Å². The fraction of sp³-hybridized carbons (Fsp3) is 0.300. The molecule has 0 fully saturated rings. The third-order valence-corrected chi connectivity index (χ3v) is 6.67. The van der Waals surface area contributed by atoms with E-state index in [1.807, 2.05) is 12.1 Å². The van der Waals surface area contributed by atoms with E-state index in [0.29, 0.717) is 4.21 Å². The molecule has 0 bridgehead atoms. The number of amides is 1. The smallest absolute Gasteiger partial charge is 0.214 e. The minimum atomic E-state index is -1.98. The molecule has 0 saturated carbocycles. The van der Waals surface area contributed by atoms with E-state index in [0.717, 1.165) is 54.0 Å². The van der Waals surface area contributed by atoms with Crippen LogP contribution in [0.5, 0.6) is 0 Å². The summed E-state index contributed by atoms with van der Waals surface area (Å²) in [7, 11) is -0.109. The molecule has 172 valence electrons. The molecule has 1 amide bonds. The summed E-state index contributed by atoms with van der Waals surface area (Å²) in [6.07, 6.45) is 8.49. The van der Waals surface area contributed by atoms with Crippen molar-refractivity contribution in [1.29, 1.82) is 0 Å². The molecule has 7 N–H and O–H groups in total. The lowest BCUT2D eigenvalue weighted by molar-refractivity contribution is -0.152. The molecule has 0 aliphatic heterocycles. The molecular formula is C20H26N6O4S2. The minimum absolute atomic E-state index is 0.0799. The largest absolute Gasteiger partial charge is 0.360 e. The highest BCUT2D eigenvalue weighted by Gasteiger charge is 2.23. The fourth-order valence-electron chi connectivity index (χ4n) is 3.12. The summed E-state index contributed by atoms with van der Waals surface area (Å²) in [5.41, 5.74) is 9.78. The molecule has 0 saturated heterocycles. The summed E-state index contributed by atoms with van der Waals surface area (Å²) in [4.78, 5) is 22.6. The highest BCUT2D eigenvalue weighted by Crippen LogP contribution is 2.36. The van der Waals surface area contributed by atoms with Crippen LogP contribution < -0.4 is 16.2 Å². The van der Waals surface area contributed by atoms with Crippen molar-refractivity contribution in [3.63, 3.8) is 0 Å². The quantitative estimate of drug-likeness (QED) is 0.267. The van der Waals surface area contributed by atoms with Crippen LogP contribution in [0.15, 0.2) is 41.1 Å². The summed E-state index contributed by atoms with van der Waals surface area (Å²) >= 11 is 0.912. The molecule has 10 nitrogen and oxygen atoms in total. The number of nitrogens with zero attached hydrogens (tertiary/aromatic N) is 3. The van der Waals surface area contributed by atoms with E-state index in [1.54, 1.807) is 6.20 Å². The summed E-state index contributed by atoms with van der Waals surface area (Å²) in [6, 6.07) is 6.01. The zero-order chi connectivity index (χ0) is 23.7. The normalized spacial score (nSPS) is 13.1. The minimum Gasteiger partial charge on any atom is -0.360 e. The number of anilines is 1. The first-order valence-corrected chi connectivity index (χ1v) is 11.6. The number of aromatic nitrogens is 3. The average molecular weight is 479 g/mol. The zero-order valence-corrected chi connectivity index (χ0v) is 19.3. The van der Waals surface area contributed by atoms with Gasteiger partial charge in [0.05, 0.1) is 17.6 Å². The number of carbonyl (C=O) groups is 1. The van der Waals surface area contributed by atoms with Gasteiger partial charge in [0.2, 0.25) is 12.2 Å². The number of hydrogen-bond donors (Lipinski definition) is 5. The van der Waals surface area contributed by atoms with Gasteiger partial charge in [-0.25, -0.2) is 24.3 Å². The molecule has 0 radical (unpaired) electrons. The Morgan fingerprint density at radius 2 is 1.97 bits per heavy atom. The maximum atomic E-state index is 10.8. The van der Waals surface area contributed by atoms with Gasteiger partial charge in [-0.15, -0.1) is 11.3 Å². The standard InChI is InChI=1S/C14H13N3O.C5H8N2O3S2.CH5N/c18-9-17-14-11-3-1-2-10(11)4-5-12(14)13-6-7-15-8-16-13;1-5(8,9)4-7-2-3(11-4)12(6)10;1-2/h4-9H,1-3H2,(H,17,18);2,8-9H,6H2,1H3;2H2,1H3. The van der Waals surface area contributed by atoms with Crippen LogP contribution in [0.2, 0.25) is 0 Å². The Bertz CT molecular complexity index is 1050. The zero-order valence-electron chi connectivity index (χ0n) is 17.7. The van der Waals surface area contributed by atoms with E-state index in [1.165, 1.54) is 37.6 Å². The summed E-state index contributed by atoms with van der Waals surface area (Å²) < 4.78 is 11.0. The van der Waals surface area contributed by atoms with Gasteiger partial charge in [0.1, 0.15) is 21.5 Å². The van der Waals surface area contributed by atoms with Gasteiger partial charge in [-0.3, -0.25) is 4.79 Å². The van der Waals surface area contributed by atoms with Crippen molar-refractivity contribution in [1.82, 2.24) is 15.0 Å². The number of nitrogens with two attached hydrogens (primary N) is 2. The van der Waals surface area contributed by atoms with Crippen molar-refractivity contribution in [2.75, 3.05) is 12.4 Å². The van der Waals surface area contributed by atoms with Crippen molar-refractivity contribution in [2.24, 2.45) is 10.9 Å². The summed E-state index contributed by atoms with van der Waals surface area (Å²) in [6.45, 7) is 1.18. The van der Waals surface area contributed by atoms with Crippen LogP contribution in [0.1, 0.15) is 29.5 Å². The van der Waals surface area contributed by atoms with Gasteiger partial charge in [-0.2, -0.15) is 0 Å². The van der Waals surface area contributed by atoms with E-state index in [9.17, 15) is 9.00 Å². The number of hydrogen-bond acceptors (Lipinski definition) is 9. The fourth-order valence-corrected chi connectivity index (χ4v) is 4.44. The van der Waals surface area contributed by atoms with Crippen molar-refractivity contribution < 1.29 is 19.2 Å². The highest BCUT2D eigenvalue weighted by atomic mass is 32.2. The van der Waals surface area contributed by atoms with Crippen molar-refractivity contribution >= 4 is 34.4 Å². The van der Waals surface area contributed by atoms with Gasteiger partial charge in [-0.05, 0) is 50.4 Å². The Hall–Kier alpha value is -2.61. The van der Waals surface area contributed by atoms with Gasteiger partial charge >= 0.3 is 0 Å². The lowest BCUT2D eigenvalue weighted by Gasteiger charge is -2.12. The number of fused-ring (bicyclic) bond motifs is 1. The Labute approximate surface area is 192 Å². The number of aryl methyl sites for hydroxylation is 1. The van der Waals surface area contributed by atoms with Crippen LogP contribution in [0, 0.1) is 0 Å². The van der Waals surface area contributed by atoms with Crippen molar-refractivity contribution in [3.8, 4) is 11.3 Å². The highest BCUT2D eigenvalue weighted by molar-refractivity contribution is 7.85. The molecule has 2 aromatic heterocycles. The molecule has 1 aliphatic rings. The number of thiazole rings is 1. The molecular weight excluding hydrogens is 452 g/mol. The molecule has 1 aliphatic carbocycles. The maximum Gasteiger partial charge on any atom is 0.214 e. The third kappa shape index (κ3) is 6.45. The molecule has 32 heavy (non-hydrogen) atoms. The molecule has 0 spiro atoms. The van der Waals surface area contributed by atoms with E-state index in [4.69, 9.17) is 15.4 Å². The van der Waals surface area contributed by atoms with E-state index in [2.05, 4.69) is 32.1 Å². The SMILES string of the molecule is CC(O)(O)c1ncc(S(N)=O)s1.CN.O=CNc1c(-c2ccncn2)ccc2c1CCC2. The predicted molar refractivity (Wildman–Crippen MR) is 124 cm³/mol. The Morgan fingerprint density at radius 3 is 2.50 bits per heavy atom. The number of aliphatic hydroxyl groups is 2. The molecule has 1 unspecified atom stereocenters. The van der Waals surface area contributed by atoms with Gasteiger partial charge in [0.25, 0.3) is 0 Å². The van der Waals surface area contributed by atoms with Crippen LogP contribution in [0.4, 0.5) is 5.69 Å². The third-order valence-electron chi connectivity index (χ3n) is 4.43. The molecule has 3 aromatic rings. The average Bonchev–Trinajstić information content (AvgIpc) is 3.47. The van der Waals surface area contributed by atoms with Crippen LogP contribution in [0.25, 0.3) is 11.3 Å². The first-order valence-electron chi connectivity index (χ1n) is 9.57. The second-order valence-electron chi connectivity index (χ2n) is 6.64. The molecule has 1 aromatic carbocycles. The Kier molecular flexibility index (Phi) is 9.50. The van der Waals surface area contributed by atoms with Crippen LogP contribution in [0.3, 0.4) is 0 Å². The van der Waals surface area contributed by atoms with Crippen LogP contribution in [-0.4, -0.2) is 42.8 Å². The van der Waals surface area contributed by atoms with Crippen molar-refractivity contribution in [2.45, 2.75) is 36.2 Å². The second-order valence-corrected chi connectivity index (χ2v) is 8.96. The van der Waals surface area contributed by atoms with Gasteiger partial charge in [0.15, 0.2) is 5.01 Å². The van der Waals surface area contributed by atoms with E-state index >= 15 is 0 Å². The van der Waals surface area contributed by atoms with Crippen LogP contribution in [-0.2, 0) is 34.4 Å². The molecule has 1 atom stereocenters. The van der Waals surface area contributed by atoms with Gasteiger partial charge in [-0.1, -0.05) is 12.1 Å². The monoisotopic (exact) mass is 478 g/mol. The van der Waals surface area contributed by atoms with Crippen LogP contribution >= 0.6 is 11.3 Å². The summed E-state index contributed by atoms with van der Waals surface area (Å²) in [5, 5.41) is 26.1. The van der Waals surface area contributed by atoms with E-state index < -0.39 is 16.8 Å². The lowest BCUT2D eigenvalue weighted by Crippen LogP contribution is -2.18. The van der Waals surface area contributed by atoms with Gasteiger partial charge < -0.3 is 21.3 Å². The lowest BCUT2D eigenvalue weighted by atomic mass is 10.0. The topological polar surface area (TPSA) is 177 Å². The first-order chi connectivity index (χ1) is 15.3. The molecule has 12 heteroatoms. The molecule has 2 heterocycles. The Balaban J connectivity index is 0.000000227. The van der Waals surface area contributed by atoms with Crippen molar-refractivity contribution in [3.05, 3.63) is 53.1 Å². The maximum absolute atomic E-state index is 10.8. The molecule has 4 rings (SSSR count). The number of rotatable bonds is 5. The number of carbonyl (C=O) groups excluding carboxylic acids is 1. The Morgan fingerprint density at radius 1 is 1.22 bits per heavy atom. The summed E-state index contributed by atoms with van der Waals surface area (Å²) in [5.74, 6) is -1.98. The first kappa shape index (κ1) is 25.6.